The molecule has 1 unspecified atom stereocenters. The van der Waals surface area contributed by atoms with Crippen LogP contribution in [-0.2, 0) is 27.5 Å². The van der Waals surface area contributed by atoms with Crippen LogP contribution in [-0.4, -0.2) is 41.6 Å². The number of carbonyl (C=O) groups excluding carboxylic acids is 3. The molecular formula is C40H44N4O5. The number of likely N-dealkylation sites (tertiary alicyclic amines) is 1. The van der Waals surface area contributed by atoms with Crippen LogP contribution in [0.2, 0.25) is 0 Å². The van der Waals surface area contributed by atoms with E-state index in [0.29, 0.717) is 55.8 Å². The Kier molecular flexibility index (Phi) is 11.5. The third-order valence-electron chi connectivity index (χ3n) is 9.05. The second-order valence-electron chi connectivity index (χ2n) is 13.1. The van der Waals surface area contributed by atoms with Gasteiger partial charge in [-0.05, 0) is 73.6 Å². The number of rotatable bonds is 13. The van der Waals surface area contributed by atoms with E-state index in [1.165, 1.54) is 0 Å². The Morgan fingerprint density at radius 3 is 2.04 bits per heavy atom. The molecule has 1 fully saturated rings. The first-order chi connectivity index (χ1) is 23.6. The maximum atomic E-state index is 14.3. The van der Waals surface area contributed by atoms with Gasteiger partial charge in [-0.2, -0.15) is 0 Å². The number of nitrogens with zero attached hydrogens (tertiary/aromatic N) is 1. The fraction of sp³-hybridized carbons (Fsp3) is 0.300. The Morgan fingerprint density at radius 2 is 1.43 bits per heavy atom. The highest BCUT2D eigenvalue weighted by Gasteiger charge is 2.42. The van der Waals surface area contributed by atoms with Crippen LogP contribution in [0.4, 0.5) is 0 Å². The molecule has 1 aliphatic heterocycles. The molecule has 0 saturated carbocycles. The summed E-state index contributed by atoms with van der Waals surface area (Å²) in [6.07, 6.45) is 1.68. The quantitative estimate of drug-likeness (QED) is 0.0861. The maximum absolute atomic E-state index is 14.3. The SMILES string of the molecule is CC(C)(C(=O)N1CCC(CC(=O)OCc2ccccc2)CC1)C(NC(=O)c1ccc(C(=N)N)cc1)c1cccc(OCc2ccccc2)c1. The van der Waals surface area contributed by atoms with Crippen LogP contribution in [0.5, 0.6) is 5.75 Å². The number of benzene rings is 4. The summed E-state index contributed by atoms with van der Waals surface area (Å²) < 4.78 is 11.6. The zero-order chi connectivity index (χ0) is 34.8. The van der Waals surface area contributed by atoms with E-state index >= 15 is 0 Å². The van der Waals surface area contributed by atoms with E-state index in [2.05, 4.69) is 5.32 Å². The van der Waals surface area contributed by atoms with Gasteiger partial charge in [-0.1, -0.05) is 84.9 Å². The van der Waals surface area contributed by atoms with Crippen LogP contribution >= 0.6 is 0 Å². The highest BCUT2D eigenvalue weighted by Crippen LogP contribution is 2.38. The van der Waals surface area contributed by atoms with Crippen molar-refractivity contribution in [3.05, 3.63) is 137 Å². The van der Waals surface area contributed by atoms with Crippen molar-refractivity contribution in [1.82, 2.24) is 10.2 Å². The van der Waals surface area contributed by atoms with E-state index in [4.69, 9.17) is 20.6 Å². The van der Waals surface area contributed by atoms with Gasteiger partial charge < -0.3 is 25.4 Å². The van der Waals surface area contributed by atoms with Gasteiger partial charge in [-0.3, -0.25) is 19.8 Å². The number of ether oxygens (including phenoxy) is 2. The lowest BCUT2D eigenvalue weighted by molar-refractivity contribution is -0.147. The lowest BCUT2D eigenvalue weighted by Crippen LogP contribution is -2.51. The highest BCUT2D eigenvalue weighted by atomic mass is 16.5. The number of nitrogens with one attached hydrogen (secondary N) is 2. The number of hydrogen-bond acceptors (Lipinski definition) is 6. The molecule has 4 aromatic carbocycles. The lowest BCUT2D eigenvalue weighted by atomic mass is 9.78. The second kappa shape index (κ2) is 16.1. The Hall–Kier alpha value is -5.44. The number of esters is 1. The average molecular weight is 661 g/mol. The predicted octanol–water partition coefficient (Wildman–Crippen LogP) is 6.42. The van der Waals surface area contributed by atoms with Crippen molar-refractivity contribution in [3.63, 3.8) is 0 Å². The molecule has 0 aromatic heterocycles. The highest BCUT2D eigenvalue weighted by molar-refractivity contribution is 5.98. The van der Waals surface area contributed by atoms with Crippen LogP contribution in [0.3, 0.4) is 0 Å². The molecule has 49 heavy (non-hydrogen) atoms. The number of nitrogens with two attached hydrogens (primary N) is 1. The van der Waals surface area contributed by atoms with Gasteiger partial charge in [0.05, 0.1) is 11.5 Å². The molecule has 5 rings (SSSR count). The summed E-state index contributed by atoms with van der Waals surface area (Å²) in [5, 5.41) is 10.8. The van der Waals surface area contributed by atoms with Crippen molar-refractivity contribution >= 4 is 23.6 Å². The smallest absolute Gasteiger partial charge is 0.306 e. The first-order valence-corrected chi connectivity index (χ1v) is 16.6. The number of nitrogen functional groups attached to an aromatic ring is 1. The third-order valence-corrected chi connectivity index (χ3v) is 9.05. The zero-order valence-corrected chi connectivity index (χ0v) is 28.1. The summed E-state index contributed by atoms with van der Waals surface area (Å²) in [6, 6.07) is 32.7. The Labute approximate surface area is 287 Å². The van der Waals surface area contributed by atoms with E-state index < -0.39 is 11.5 Å². The van der Waals surface area contributed by atoms with Crippen molar-refractivity contribution in [2.24, 2.45) is 17.1 Å². The Balaban J connectivity index is 1.29. The molecule has 254 valence electrons. The zero-order valence-electron chi connectivity index (χ0n) is 28.1. The summed E-state index contributed by atoms with van der Waals surface area (Å²) in [6.45, 7) is 5.34. The number of hydrogen-bond donors (Lipinski definition) is 3. The summed E-state index contributed by atoms with van der Waals surface area (Å²) >= 11 is 0. The summed E-state index contributed by atoms with van der Waals surface area (Å²) in [5.74, 6) is -0.0223. The standard InChI is InChI=1S/C40H44N4O5/c1-40(2,39(47)44-22-20-28(21-23-44)24-35(45)49-27-30-12-7-4-8-13-30)36(43-38(46)32-18-16-31(17-19-32)37(41)42)33-14-9-15-34(25-33)48-26-29-10-5-3-6-11-29/h3-19,25,28,36H,20-24,26-27H2,1-2H3,(H3,41,42)(H,43,46). The van der Waals surface area contributed by atoms with Crippen LogP contribution in [0.15, 0.2) is 109 Å². The second-order valence-corrected chi connectivity index (χ2v) is 13.1. The first kappa shape index (κ1) is 34.9. The molecule has 9 heteroatoms. The monoisotopic (exact) mass is 660 g/mol. The van der Waals surface area contributed by atoms with Gasteiger partial charge >= 0.3 is 5.97 Å². The summed E-state index contributed by atoms with van der Waals surface area (Å²) in [4.78, 5) is 42.3. The topological polar surface area (TPSA) is 135 Å². The normalized spacial score (nSPS) is 14.0. The van der Waals surface area contributed by atoms with E-state index in [-0.39, 0.29) is 36.1 Å². The van der Waals surface area contributed by atoms with Gasteiger partial charge in [0.15, 0.2) is 0 Å². The van der Waals surface area contributed by atoms with E-state index in [9.17, 15) is 14.4 Å². The van der Waals surface area contributed by atoms with Gasteiger partial charge in [0.2, 0.25) is 5.91 Å². The Bertz CT molecular complexity index is 1730. The molecule has 0 spiro atoms. The van der Waals surface area contributed by atoms with Crippen LogP contribution < -0.4 is 15.8 Å². The number of amidine groups is 1. The molecule has 0 radical (unpaired) electrons. The molecule has 1 heterocycles. The van der Waals surface area contributed by atoms with E-state index in [1.54, 1.807) is 24.3 Å². The minimum absolute atomic E-state index is 0.0864. The van der Waals surface area contributed by atoms with Crippen LogP contribution in [0, 0.1) is 16.7 Å². The molecule has 0 aliphatic carbocycles. The van der Waals surface area contributed by atoms with Gasteiger partial charge in [-0.15, -0.1) is 0 Å². The van der Waals surface area contributed by atoms with Crippen molar-refractivity contribution in [2.75, 3.05) is 13.1 Å². The van der Waals surface area contributed by atoms with Crippen LogP contribution in [0.1, 0.15) is 71.8 Å². The molecule has 1 atom stereocenters. The molecule has 2 amide bonds. The van der Waals surface area contributed by atoms with Crippen molar-refractivity contribution in [1.29, 1.82) is 5.41 Å². The molecule has 4 aromatic rings. The molecule has 0 bridgehead atoms. The molecular weight excluding hydrogens is 616 g/mol. The molecule has 1 saturated heterocycles. The fourth-order valence-electron chi connectivity index (χ4n) is 6.12. The van der Waals surface area contributed by atoms with Gasteiger partial charge in [0.25, 0.3) is 5.91 Å². The van der Waals surface area contributed by atoms with Crippen molar-refractivity contribution in [3.8, 4) is 5.75 Å². The van der Waals surface area contributed by atoms with Gasteiger partial charge in [0.1, 0.15) is 24.8 Å². The fourth-order valence-corrected chi connectivity index (χ4v) is 6.12. The van der Waals surface area contributed by atoms with Crippen molar-refractivity contribution in [2.45, 2.75) is 52.4 Å². The first-order valence-electron chi connectivity index (χ1n) is 16.6. The number of amides is 2. The molecule has 1 aliphatic rings. The Morgan fingerprint density at radius 1 is 0.837 bits per heavy atom. The number of piperidine rings is 1. The van der Waals surface area contributed by atoms with Crippen molar-refractivity contribution < 1.29 is 23.9 Å². The number of carbonyl (C=O) groups is 3. The average Bonchev–Trinajstić information content (AvgIpc) is 3.13. The molecule has 9 nitrogen and oxygen atoms in total. The maximum Gasteiger partial charge on any atom is 0.306 e. The largest absolute Gasteiger partial charge is 0.489 e. The summed E-state index contributed by atoms with van der Waals surface area (Å²) in [7, 11) is 0. The lowest BCUT2D eigenvalue weighted by Gasteiger charge is -2.40. The summed E-state index contributed by atoms with van der Waals surface area (Å²) in [5.41, 5.74) is 8.16. The minimum atomic E-state index is -1.05. The van der Waals surface area contributed by atoms with Gasteiger partial charge in [-0.25, -0.2) is 0 Å². The van der Waals surface area contributed by atoms with E-state index in [0.717, 1.165) is 16.7 Å². The molecule has 4 N–H and O–H groups in total. The third kappa shape index (κ3) is 9.34. The predicted molar refractivity (Wildman–Crippen MR) is 189 cm³/mol. The van der Waals surface area contributed by atoms with E-state index in [1.807, 2.05) is 104 Å². The van der Waals surface area contributed by atoms with Gasteiger partial charge in [0, 0.05) is 30.6 Å². The minimum Gasteiger partial charge on any atom is -0.489 e. The van der Waals surface area contributed by atoms with Crippen LogP contribution in [0.25, 0.3) is 0 Å².